The predicted molar refractivity (Wildman–Crippen MR) is 191 cm³/mol. The fourth-order valence-corrected chi connectivity index (χ4v) is 7.79. The van der Waals surface area contributed by atoms with Crippen LogP contribution in [-0.2, 0) is 27.2 Å². The second-order valence-electron chi connectivity index (χ2n) is 14.0. The Bertz CT molecular complexity index is 1540. The molecule has 4 heterocycles. The van der Waals surface area contributed by atoms with Crippen LogP contribution in [0.25, 0.3) is 0 Å². The molecule has 0 unspecified atom stereocenters. The van der Waals surface area contributed by atoms with Crippen LogP contribution in [0, 0.1) is 0 Å². The molecule has 268 valence electrons. The number of urea groups is 1. The number of benzene rings is 2. The van der Waals surface area contributed by atoms with Gasteiger partial charge in [-0.2, -0.15) is 0 Å². The number of hydrogen-bond donors (Lipinski definition) is 3. The van der Waals surface area contributed by atoms with Gasteiger partial charge in [-0.3, -0.25) is 14.5 Å². The number of amides is 4. The first kappa shape index (κ1) is 35.5. The number of hydrogen-bond acceptors (Lipinski definition) is 8. The Morgan fingerprint density at radius 2 is 1.56 bits per heavy atom. The fraction of sp³-hybridized carbons (Fsp3) is 0.556. The zero-order chi connectivity index (χ0) is 35.2. The lowest BCUT2D eigenvalue weighted by Crippen LogP contribution is -2.55. The standard InChI is InChI=1S/C36H49BN6O7/c37-29-23-25(5-6-31(29)44)24-32(34(47)41-14-8-27(9-15-41)40-21-19-39(20-22-40)13-12-33(45)46)50-36(49)42-16-10-28(11-17-42)43-18-7-26-3-1-2-4-30(26)38-35(43)48/h1-6,23,27-28,32,44H,7-22,24,37H2,(H,38,48)(H,45,46)/t32-/m1/s1. The topological polar surface area (TPSA) is 146 Å². The van der Waals surface area contributed by atoms with Crippen molar-refractivity contribution in [3.63, 3.8) is 0 Å². The summed E-state index contributed by atoms with van der Waals surface area (Å²) < 4.78 is 6.02. The molecule has 6 rings (SSSR count). The number of aliphatic carboxylic acids is 1. The van der Waals surface area contributed by atoms with Crippen LogP contribution in [-0.4, -0.2) is 150 Å². The Kier molecular flexibility index (Phi) is 11.5. The highest BCUT2D eigenvalue weighted by Gasteiger charge is 2.36. The van der Waals surface area contributed by atoms with E-state index in [4.69, 9.17) is 9.84 Å². The molecule has 2 aromatic rings. The van der Waals surface area contributed by atoms with E-state index in [0.29, 0.717) is 63.6 Å². The molecule has 50 heavy (non-hydrogen) atoms. The van der Waals surface area contributed by atoms with Gasteiger partial charge in [0.15, 0.2) is 6.10 Å². The smallest absolute Gasteiger partial charge is 0.410 e. The van der Waals surface area contributed by atoms with E-state index in [1.165, 1.54) is 0 Å². The second-order valence-corrected chi connectivity index (χ2v) is 14.0. The van der Waals surface area contributed by atoms with Crippen LogP contribution < -0.4 is 10.8 Å². The van der Waals surface area contributed by atoms with Gasteiger partial charge < -0.3 is 39.9 Å². The van der Waals surface area contributed by atoms with Gasteiger partial charge in [0, 0.05) is 89.6 Å². The van der Waals surface area contributed by atoms with Crippen molar-refractivity contribution in [2.24, 2.45) is 0 Å². The molecule has 3 saturated heterocycles. The number of likely N-dealkylation sites (tertiary alicyclic amines) is 2. The number of para-hydroxylation sites is 1. The molecule has 3 N–H and O–H groups in total. The number of nitrogens with zero attached hydrogens (tertiary/aromatic N) is 5. The molecule has 0 aromatic heterocycles. The summed E-state index contributed by atoms with van der Waals surface area (Å²) in [5.41, 5.74) is 3.44. The van der Waals surface area contributed by atoms with Crippen molar-refractivity contribution < 1.29 is 34.1 Å². The summed E-state index contributed by atoms with van der Waals surface area (Å²) in [7, 11) is 1.80. The Hall–Kier alpha value is -4.30. The van der Waals surface area contributed by atoms with E-state index < -0.39 is 18.2 Å². The average molecular weight is 689 g/mol. The predicted octanol–water partition coefficient (Wildman–Crippen LogP) is 1.34. The van der Waals surface area contributed by atoms with E-state index in [-0.39, 0.29) is 36.6 Å². The molecule has 0 bridgehead atoms. The van der Waals surface area contributed by atoms with Crippen molar-refractivity contribution in [1.82, 2.24) is 24.5 Å². The number of nitrogens with one attached hydrogen (secondary N) is 1. The normalized spacial score (nSPS) is 20.5. The number of piperazine rings is 1. The average Bonchev–Trinajstić information content (AvgIpc) is 3.30. The molecule has 14 heteroatoms. The first-order chi connectivity index (χ1) is 24.1. The maximum Gasteiger partial charge on any atom is 0.410 e. The third-order valence-electron chi connectivity index (χ3n) is 10.8. The van der Waals surface area contributed by atoms with E-state index in [1.54, 1.807) is 24.9 Å². The van der Waals surface area contributed by atoms with Crippen molar-refractivity contribution >= 4 is 43.0 Å². The number of anilines is 1. The number of carbonyl (C=O) groups is 4. The van der Waals surface area contributed by atoms with Crippen LogP contribution in [0.2, 0.25) is 0 Å². The number of phenolic OH excluding ortho intramolecular Hbond substituents is 1. The van der Waals surface area contributed by atoms with Gasteiger partial charge in [0.05, 0.1) is 6.42 Å². The third kappa shape index (κ3) is 8.70. The molecule has 1 atom stereocenters. The van der Waals surface area contributed by atoms with E-state index in [0.717, 1.165) is 62.3 Å². The quantitative estimate of drug-likeness (QED) is 0.333. The Morgan fingerprint density at radius 1 is 0.880 bits per heavy atom. The number of rotatable bonds is 9. The molecule has 0 saturated carbocycles. The summed E-state index contributed by atoms with van der Waals surface area (Å²) in [4.78, 5) is 61.6. The van der Waals surface area contributed by atoms with Crippen LogP contribution in [0.1, 0.15) is 43.2 Å². The monoisotopic (exact) mass is 688 g/mol. The number of carboxylic acid groups (broad SMARTS) is 1. The fourth-order valence-electron chi connectivity index (χ4n) is 7.79. The summed E-state index contributed by atoms with van der Waals surface area (Å²) in [6.45, 7) is 6.61. The van der Waals surface area contributed by atoms with Crippen molar-refractivity contribution in [3.05, 3.63) is 53.6 Å². The molecule has 4 amide bonds. The summed E-state index contributed by atoms with van der Waals surface area (Å²) >= 11 is 0. The first-order valence-electron chi connectivity index (χ1n) is 18.0. The molecular weight excluding hydrogens is 639 g/mol. The van der Waals surface area contributed by atoms with Gasteiger partial charge >= 0.3 is 18.1 Å². The van der Waals surface area contributed by atoms with Crippen molar-refractivity contribution in [2.45, 2.75) is 63.1 Å². The number of carboxylic acids is 1. The molecule has 2 aromatic carbocycles. The maximum atomic E-state index is 14.0. The highest BCUT2D eigenvalue weighted by atomic mass is 16.6. The number of carbonyl (C=O) groups excluding carboxylic acids is 3. The number of piperidine rings is 2. The molecular formula is C36H49BN6O7. The zero-order valence-electron chi connectivity index (χ0n) is 29.0. The van der Waals surface area contributed by atoms with Crippen molar-refractivity contribution in [2.75, 3.05) is 70.8 Å². The minimum Gasteiger partial charge on any atom is -0.509 e. The second kappa shape index (κ2) is 16.2. The minimum atomic E-state index is -1.01. The first-order valence-corrected chi connectivity index (χ1v) is 18.0. The van der Waals surface area contributed by atoms with E-state index in [1.807, 2.05) is 40.1 Å². The lowest BCUT2D eigenvalue weighted by Gasteiger charge is -2.43. The van der Waals surface area contributed by atoms with E-state index >= 15 is 0 Å². The molecule has 0 aliphatic carbocycles. The third-order valence-corrected chi connectivity index (χ3v) is 10.8. The summed E-state index contributed by atoms with van der Waals surface area (Å²) in [6, 6.07) is 13.3. The van der Waals surface area contributed by atoms with E-state index in [2.05, 4.69) is 15.1 Å². The number of ether oxygens (including phenoxy) is 1. The molecule has 13 nitrogen and oxygen atoms in total. The molecule has 0 radical (unpaired) electrons. The van der Waals surface area contributed by atoms with Crippen molar-refractivity contribution in [3.8, 4) is 5.75 Å². The van der Waals surface area contributed by atoms with Crippen LogP contribution >= 0.6 is 0 Å². The van der Waals surface area contributed by atoms with Gasteiger partial charge in [-0.1, -0.05) is 30.3 Å². The van der Waals surface area contributed by atoms with Gasteiger partial charge in [-0.05, 0) is 60.8 Å². The highest BCUT2D eigenvalue weighted by molar-refractivity contribution is 6.34. The van der Waals surface area contributed by atoms with Crippen LogP contribution in [0.4, 0.5) is 15.3 Å². The van der Waals surface area contributed by atoms with Crippen LogP contribution in [0.3, 0.4) is 0 Å². The largest absolute Gasteiger partial charge is 0.509 e. The Labute approximate surface area is 294 Å². The number of fused-ring (bicyclic) bond motifs is 1. The van der Waals surface area contributed by atoms with Gasteiger partial charge in [0.25, 0.3) is 5.91 Å². The van der Waals surface area contributed by atoms with Gasteiger partial charge in [-0.15, -0.1) is 0 Å². The highest BCUT2D eigenvalue weighted by Crippen LogP contribution is 2.26. The SMILES string of the molecule is Bc1cc(C[C@@H](OC(=O)N2CCC(N3CCc4ccccc4NC3=O)CC2)C(=O)N2CCC(N3CCN(CCC(=O)O)CC3)CC2)ccc1O. The number of aromatic hydroxyl groups is 1. The summed E-state index contributed by atoms with van der Waals surface area (Å²) in [5.74, 6) is -0.816. The molecule has 0 spiro atoms. The summed E-state index contributed by atoms with van der Waals surface area (Å²) in [6.07, 6.45) is 2.47. The van der Waals surface area contributed by atoms with Gasteiger partial charge in [-0.25, -0.2) is 9.59 Å². The lowest BCUT2D eigenvalue weighted by atomic mass is 9.91. The van der Waals surface area contributed by atoms with Crippen LogP contribution in [0.15, 0.2) is 42.5 Å². The van der Waals surface area contributed by atoms with Crippen LogP contribution in [0.5, 0.6) is 5.75 Å². The Balaban J connectivity index is 1.04. The Morgan fingerprint density at radius 3 is 2.26 bits per heavy atom. The molecule has 4 aliphatic rings. The lowest BCUT2D eigenvalue weighted by molar-refractivity contribution is -0.143. The van der Waals surface area contributed by atoms with Gasteiger partial charge in [0.2, 0.25) is 0 Å². The molecule has 3 fully saturated rings. The van der Waals surface area contributed by atoms with Gasteiger partial charge in [0.1, 0.15) is 13.6 Å². The molecule has 4 aliphatic heterocycles. The maximum absolute atomic E-state index is 14.0. The van der Waals surface area contributed by atoms with E-state index in [9.17, 15) is 24.3 Å². The minimum absolute atomic E-state index is 0.000206. The van der Waals surface area contributed by atoms with Crippen molar-refractivity contribution in [1.29, 1.82) is 0 Å². The summed E-state index contributed by atoms with van der Waals surface area (Å²) in [5, 5.41) is 22.1. The zero-order valence-corrected chi connectivity index (χ0v) is 29.0. The number of phenols is 1.